The van der Waals surface area contributed by atoms with E-state index >= 15 is 0 Å². The van der Waals surface area contributed by atoms with E-state index in [9.17, 15) is 0 Å². The molecule has 58 heavy (non-hydrogen) atoms. The molecule has 0 unspecified atom stereocenters. The molecule has 14 aromatic rings. The first kappa shape index (κ1) is 30.3. The summed E-state index contributed by atoms with van der Waals surface area (Å²) < 4.78 is 13.8. The van der Waals surface area contributed by atoms with Crippen LogP contribution in [0.15, 0.2) is 180 Å². The number of hydrogen-bond donors (Lipinski definition) is 0. The summed E-state index contributed by atoms with van der Waals surface area (Å²) in [6, 6.07) is 62.8. The van der Waals surface area contributed by atoms with Gasteiger partial charge in [-0.2, -0.15) is 9.97 Å². The molecule has 268 valence electrons. The van der Waals surface area contributed by atoms with Crippen LogP contribution >= 0.6 is 0 Å². The lowest BCUT2D eigenvalue weighted by Crippen LogP contribution is -2.06. The SMILES string of the molecule is c1ccc(-c2ccc3c(c2)c2cc4c5ccccc5n5c6ccccc6c(c2n3-c2nc(-n3c6ccccc6c6ccccc63)nc3oc6ccccc6c23)c45)cc1. The molecule has 0 saturated heterocycles. The highest BCUT2D eigenvalue weighted by Crippen LogP contribution is 2.48. The second-order valence-electron chi connectivity index (χ2n) is 15.3. The average molecular weight is 740 g/mol. The van der Waals surface area contributed by atoms with Crippen LogP contribution in [0.4, 0.5) is 0 Å². The quantitative estimate of drug-likeness (QED) is 0.181. The summed E-state index contributed by atoms with van der Waals surface area (Å²) in [7, 11) is 0. The molecule has 6 heterocycles. The molecule has 0 aliphatic rings. The van der Waals surface area contributed by atoms with Crippen molar-refractivity contribution in [3.63, 3.8) is 0 Å². The van der Waals surface area contributed by atoms with Crippen molar-refractivity contribution < 1.29 is 4.42 Å². The monoisotopic (exact) mass is 739 g/mol. The zero-order valence-electron chi connectivity index (χ0n) is 30.9. The van der Waals surface area contributed by atoms with Crippen LogP contribution in [0.3, 0.4) is 0 Å². The number of nitrogens with zero attached hydrogens (tertiary/aromatic N) is 5. The van der Waals surface area contributed by atoms with Crippen LogP contribution in [0.2, 0.25) is 0 Å². The van der Waals surface area contributed by atoms with Crippen LogP contribution in [0.1, 0.15) is 0 Å². The molecule has 14 rings (SSSR count). The third-order valence-corrected chi connectivity index (χ3v) is 12.4. The Bertz CT molecular complexity index is 3980. The molecule has 8 aromatic carbocycles. The standard InChI is InChI=1S/C52H29N5O/c1-2-14-30(15-3-1)31-26-27-44-37(28-31)39-29-38-34-18-6-9-21-40(34)55-43-24-12-7-19-35(43)46(48(38)55)49(39)57(44)50-47-36-20-8-13-25-45(36)58-51(47)54-52(53-50)56-41-22-10-4-16-32(41)33-17-5-11-23-42(33)56/h1-29H. The van der Waals surface area contributed by atoms with Gasteiger partial charge in [0, 0.05) is 48.5 Å². The summed E-state index contributed by atoms with van der Waals surface area (Å²) in [5, 5.41) is 11.4. The molecule has 0 N–H and O–H groups in total. The molecule has 0 atom stereocenters. The van der Waals surface area contributed by atoms with Crippen molar-refractivity contribution in [2.24, 2.45) is 0 Å². The lowest BCUT2D eigenvalue weighted by molar-refractivity contribution is 0.650. The van der Waals surface area contributed by atoms with E-state index in [1.54, 1.807) is 0 Å². The zero-order chi connectivity index (χ0) is 37.6. The number of benzene rings is 8. The molecule has 0 amide bonds. The fourth-order valence-corrected chi connectivity index (χ4v) is 10.0. The topological polar surface area (TPSA) is 53.2 Å². The number of rotatable bonds is 3. The van der Waals surface area contributed by atoms with Gasteiger partial charge in [-0.25, -0.2) is 0 Å². The number of furan rings is 1. The summed E-state index contributed by atoms with van der Waals surface area (Å²) >= 11 is 0. The van der Waals surface area contributed by atoms with Crippen LogP contribution in [0, 0.1) is 0 Å². The average Bonchev–Trinajstić information content (AvgIpc) is 4.08. The minimum atomic E-state index is 0.547. The Labute approximate surface area is 329 Å². The Morgan fingerprint density at radius 3 is 1.67 bits per heavy atom. The van der Waals surface area contributed by atoms with E-state index in [4.69, 9.17) is 14.4 Å². The van der Waals surface area contributed by atoms with Gasteiger partial charge in [0.2, 0.25) is 11.7 Å². The molecule has 0 fully saturated rings. The van der Waals surface area contributed by atoms with Gasteiger partial charge in [-0.3, -0.25) is 9.13 Å². The minimum Gasteiger partial charge on any atom is -0.437 e. The van der Waals surface area contributed by atoms with Crippen molar-refractivity contribution in [2.45, 2.75) is 0 Å². The normalized spacial score (nSPS) is 12.5. The maximum absolute atomic E-state index is 6.71. The summed E-state index contributed by atoms with van der Waals surface area (Å²) in [6.07, 6.45) is 0. The molecule has 0 aliphatic carbocycles. The third-order valence-electron chi connectivity index (χ3n) is 12.4. The lowest BCUT2D eigenvalue weighted by Gasteiger charge is -2.13. The van der Waals surface area contributed by atoms with E-state index in [0.29, 0.717) is 11.7 Å². The second-order valence-corrected chi connectivity index (χ2v) is 15.3. The Morgan fingerprint density at radius 1 is 0.362 bits per heavy atom. The fraction of sp³-hybridized carbons (Fsp3) is 0. The Morgan fingerprint density at radius 2 is 0.931 bits per heavy atom. The van der Waals surface area contributed by atoms with Gasteiger partial charge in [-0.15, -0.1) is 0 Å². The van der Waals surface area contributed by atoms with Gasteiger partial charge < -0.3 is 8.82 Å². The predicted octanol–water partition coefficient (Wildman–Crippen LogP) is 13.4. The van der Waals surface area contributed by atoms with E-state index in [2.05, 4.69) is 177 Å². The van der Waals surface area contributed by atoms with Crippen LogP contribution in [-0.2, 0) is 0 Å². The molecule has 6 nitrogen and oxygen atoms in total. The third kappa shape index (κ3) is 3.76. The van der Waals surface area contributed by atoms with Crippen LogP contribution in [0.25, 0.3) is 127 Å². The number of para-hydroxylation sites is 5. The highest BCUT2D eigenvalue weighted by molar-refractivity contribution is 6.34. The van der Waals surface area contributed by atoms with Gasteiger partial charge in [0.05, 0.1) is 44.0 Å². The van der Waals surface area contributed by atoms with Crippen molar-refractivity contribution in [3.8, 4) is 22.9 Å². The van der Waals surface area contributed by atoms with Crippen molar-refractivity contribution in [3.05, 3.63) is 176 Å². The van der Waals surface area contributed by atoms with E-state index in [0.717, 1.165) is 60.4 Å². The van der Waals surface area contributed by atoms with Gasteiger partial charge in [0.15, 0.2) is 5.82 Å². The largest absolute Gasteiger partial charge is 0.437 e. The molecule has 0 aliphatic heterocycles. The fourth-order valence-electron chi connectivity index (χ4n) is 10.0. The summed E-state index contributed by atoms with van der Waals surface area (Å²) in [4.78, 5) is 11.0. The molecule has 0 bridgehead atoms. The highest BCUT2D eigenvalue weighted by Gasteiger charge is 2.28. The first-order valence-corrected chi connectivity index (χ1v) is 19.7. The molecule has 0 radical (unpaired) electrons. The van der Waals surface area contributed by atoms with Gasteiger partial charge >= 0.3 is 0 Å². The summed E-state index contributed by atoms with van der Waals surface area (Å²) in [5.41, 5.74) is 11.5. The maximum Gasteiger partial charge on any atom is 0.240 e. The van der Waals surface area contributed by atoms with Gasteiger partial charge in [-0.1, -0.05) is 127 Å². The Hall–Kier alpha value is -7.96. The number of hydrogen-bond acceptors (Lipinski definition) is 3. The van der Waals surface area contributed by atoms with Crippen molar-refractivity contribution in [2.75, 3.05) is 0 Å². The zero-order valence-corrected chi connectivity index (χ0v) is 30.9. The van der Waals surface area contributed by atoms with Crippen LogP contribution in [-0.4, -0.2) is 23.5 Å². The minimum absolute atomic E-state index is 0.547. The summed E-state index contributed by atoms with van der Waals surface area (Å²) in [5.74, 6) is 1.34. The Balaban J connectivity index is 1.23. The molecule has 6 aromatic heterocycles. The smallest absolute Gasteiger partial charge is 0.240 e. The van der Waals surface area contributed by atoms with E-state index in [-0.39, 0.29) is 0 Å². The van der Waals surface area contributed by atoms with Crippen molar-refractivity contribution in [1.29, 1.82) is 0 Å². The summed E-state index contributed by atoms with van der Waals surface area (Å²) in [6.45, 7) is 0. The maximum atomic E-state index is 6.71. The molecule has 0 spiro atoms. The van der Waals surface area contributed by atoms with Crippen molar-refractivity contribution in [1.82, 2.24) is 23.5 Å². The van der Waals surface area contributed by atoms with Crippen LogP contribution in [0.5, 0.6) is 0 Å². The second kappa shape index (κ2) is 10.9. The molecular formula is C52H29N5O. The number of fused-ring (bicyclic) bond motifs is 16. The highest BCUT2D eigenvalue weighted by atomic mass is 16.3. The van der Waals surface area contributed by atoms with Gasteiger partial charge in [0.25, 0.3) is 0 Å². The molecular weight excluding hydrogens is 711 g/mol. The number of aromatic nitrogens is 5. The van der Waals surface area contributed by atoms with Gasteiger partial charge in [0.1, 0.15) is 5.58 Å². The lowest BCUT2D eigenvalue weighted by atomic mass is 10.0. The molecule has 6 heteroatoms. The van der Waals surface area contributed by atoms with E-state index < -0.39 is 0 Å². The van der Waals surface area contributed by atoms with E-state index in [1.165, 1.54) is 54.6 Å². The van der Waals surface area contributed by atoms with Gasteiger partial charge in [-0.05, 0) is 59.7 Å². The first-order chi connectivity index (χ1) is 28.8. The van der Waals surface area contributed by atoms with Crippen molar-refractivity contribution >= 4 is 104 Å². The predicted molar refractivity (Wildman–Crippen MR) is 238 cm³/mol. The Kier molecular flexibility index (Phi) is 5.68. The first-order valence-electron chi connectivity index (χ1n) is 19.7. The van der Waals surface area contributed by atoms with E-state index in [1.807, 2.05) is 12.1 Å². The van der Waals surface area contributed by atoms with Crippen LogP contribution < -0.4 is 0 Å². The molecule has 0 saturated carbocycles.